The van der Waals surface area contributed by atoms with E-state index in [1.807, 2.05) is 13.8 Å². The largest absolute Gasteiger partial charge is 0.394 e. The molecule has 0 aliphatic carbocycles. The van der Waals surface area contributed by atoms with Gasteiger partial charge in [-0.1, -0.05) is 58.3 Å². The van der Waals surface area contributed by atoms with Gasteiger partial charge in [-0.05, 0) is 20.3 Å². The molecule has 0 saturated carbocycles. The maximum absolute atomic E-state index is 9.97. The highest BCUT2D eigenvalue weighted by molar-refractivity contribution is 4.97. The third kappa shape index (κ3) is 6.43. The fourth-order valence-corrected chi connectivity index (χ4v) is 3.75. The van der Waals surface area contributed by atoms with Gasteiger partial charge in [0.05, 0.1) is 6.61 Å². The topological polar surface area (TPSA) is 77.4 Å². The Labute approximate surface area is 158 Å². The summed E-state index contributed by atoms with van der Waals surface area (Å²) in [6.45, 7) is 6.15. The van der Waals surface area contributed by atoms with Gasteiger partial charge in [-0.3, -0.25) is 0 Å². The summed E-state index contributed by atoms with van der Waals surface area (Å²) in [7, 11) is 0. The number of aliphatic hydroxyl groups excluding tert-OH is 2. The van der Waals surface area contributed by atoms with Crippen molar-refractivity contribution in [3.05, 3.63) is 0 Å². The molecule has 0 unspecified atom stereocenters. The van der Waals surface area contributed by atoms with E-state index in [9.17, 15) is 10.2 Å². The number of hydrogen-bond acceptors (Lipinski definition) is 6. The van der Waals surface area contributed by atoms with Crippen LogP contribution in [-0.2, 0) is 18.9 Å². The maximum Gasteiger partial charge on any atom is 0.187 e. The first-order valence-corrected chi connectivity index (χ1v) is 10.4. The molecular formula is C20H38O6. The summed E-state index contributed by atoms with van der Waals surface area (Å²) in [5, 5.41) is 19.2. The van der Waals surface area contributed by atoms with Crippen LogP contribution in [0.15, 0.2) is 0 Å². The standard InChI is InChI=1S/C20H38O6/c1-4-5-6-7-8-9-10-11-12-13-23-19-18-17(25-20(2,3)26-18)16(24-19)15(22)14-21/h15-19,21-22H,4-14H2,1-3H3/t15-,16-,17+,18+,19+/m1/s1. The molecule has 6 nitrogen and oxygen atoms in total. The van der Waals surface area contributed by atoms with Crippen LogP contribution in [0.1, 0.15) is 78.6 Å². The van der Waals surface area contributed by atoms with Crippen LogP contribution in [0.2, 0.25) is 0 Å². The molecule has 0 amide bonds. The van der Waals surface area contributed by atoms with E-state index in [2.05, 4.69) is 6.92 Å². The van der Waals surface area contributed by atoms with Gasteiger partial charge < -0.3 is 29.2 Å². The van der Waals surface area contributed by atoms with E-state index in [0.717, 1.165) is 12.8 Å². The fourth-order valence-electron chi connectivity index (χ4n) is 3.75. The smallest absolute Gasteiger partial charge is 0.187 e. The zero-order valence-corrected chi connectivity index (χ0v) is 16.7. The molecule has 2 fully saturated rings. The van der Waals surface area contributed by atoms with Crippen LogP contribution < -0.4 is 0 Å². The molecule has 6 heteroatoms. The van der Waals surface area contributed by atoms with Crippen molar-refractivity contribution in [2.75, 3.05) is 13.2 Å². The Morgan fingerprint density at radius 3 is 2.12 bits per heavy atom. The normalized spacial score (nSPS) is 31.3. The molecule has 0 aromatic carbocycles. The molecule has 0 spiro atoms. The number of aliphatic hydroxyl groups is 2. The molecule has 2 saturated heterocycles. The highest BCUT2D eigenvalue weighted by atomic mass is 16.8. The summed E-state index contributed by atoms with van der Waals surface area (Å²) in [4.78, 5) is 0. The van der Waals surface area contributed by atoms with Crippen LogP contribution in [-0.4, -0.2) is 59.9 Å². The first-order valence-electron chi connectivity index (χ1n) is 10.4. The molecule has 2 heterocycles. The minimum atomic E-state index is -0.999. The number of hydrogen-bond donors (Lipinski definition) is 2. The molecule has 2 N–H and O–H groups in total. The number of unbranched alkanes of at least 4 members (excludes halogenated alkanes) is 8. The summed E-state index contributed by atoms with van der Waals surface area (Å²) in [5.41, 5.74) is 0. The van der Waals surface area contributed by atoms with Crippen molar-refractivity contribution in [1.82, 2.24) is 0 Å². The lowest BCUT2D eigenvalue weighted by atomic mass is 10.1. The zero-order valence-electron chi connectivity index (χ0n) is 16.7. The fraction of sp³-hybridized carbons (Fsp3) is 1.00. The molecule has 26 heavy (non-hydrogen) atoms. The minimum absolute atomic E-state index is 0.366. The molecule has 5 atom stereocenters. The van der Waals surface area contributed by atoms with Crippen LogP contribution in [0.3, 0.4) is 0 Å². The molecule has 2 aliphatic heterocycles. The van der Waals surface area contributed by atoms with E-state index in [-0.39, 0.29) is 12.7 Å². The van der Waals surface area contributed by atoms with Crippen LogP contribution in [0.5, 0.6) is 0 Å². The van der Waals surface area contributed by atoms with Crippen LogP contribution in [0.25, 0.3) is 0 Å². The molecule has 154 valence electrons. The Bertz CT molecular complexity index is 388. The summed E-state index contributed by atoms with van der Waals surface area (Å²) in [6.07, 6.45) is 8.41. The highest BCUT2D eigenvalue weighted by Crippen LogP contribution is 2.40. The first-order chi connectivity index (χ1) is 12.5. The van der Waals surface area contributed by atoms with Gasteiger partial charge in [-0.2, -0.15) is 0 Å². The monoisotopic (exact) mass is 374 g/mol. The summed E-state index contributed by atoms with van der Waals surface area (Å²) >= 11 is 0. The second-order valence-corrected chi connectivity index (χ2v) is 7.98. The van der Waals surface area contributed by atoms with Crippen molar-refractivity contribution >= 4 is 0 Å². The molecule has 2 rings (SSSR count). The zero-order chi connectivity index (χ0) is 19.0. The van der Waals surface area contributed by atoms with E-state index in [1.165, 1.54) is 44.9 Å². The van der Waals surface area contributed by atoms with Gasteiger partial charge in [-0.25, -0.2) is 0 Å². The number of rotatable bonds is 13. The Hall–Kier alpha value is -0.240. The average molecular weight is 375 g/mol. The minimum Gasteiger partial charge on any atom is -0.394 e. The second kappa shape index (κ2) is 10.9. The van der Waals surface area contributed by atoms with Crippen molar-refractivity contribution in [1.29, 1.82) is 0 Å². The predicted octanol–water partition coefficient (Wildman–Crippen LogP) is 3.13. The lowest BCUT2D eigenvalue weighted by Crippen LogP contribution is -2.40. The van der Waals surface area contributed by atoms with Crippen molar-refractivity contribution < 1.29 is 29.2 Å². The van der Waals surface area contributed by atoms with E-state index in [1.54, 1.807) is 0 Å². The molecule has 0 aromatic rings. The second-order valence-electron chi connectivity index (χ2n) is 7.98. The molecule has 0 radical (unpaired) electrons. The van der Waals surface area contributed by atoms with Crippen LogP contribution >= 0.6 is 0 Å². The highest BCUT2D eigenvalue weighted by Gasteiger charge is 2.57. The summed E-state index contributed by atoms with van der Waals surface area (Å²) < 4.78 is 23.4. The van der Waals surface area contributed by atoms with Gasteiger partial charge in [0.2, 0.25) is 0 Å². The van der Waals surface area contributed by atoms with E-state index >= 15 is 0 Å². The Morgan fingerprint density at radius 1 is 0.923 bits per heavy atom. The SMILES string of the molecule is CCCCCCCCCCCO[C@H]1O[C@H]([C@H](O)CO)[C@@H]2OC(C)(C)O[C@H]12. The van der Waals surface area contributed by atoms with Gasteiger partial charge in [0.25, 0.3) is 0 Å². The Kier molecular flexibility index (Phi) is 9.27. The quantitative estimate of drug-likeness (QED) is 0.482. The lowest BCUT2D eigenvalue weighted by molar-refractivity contribution is -0.244. The molecule has 2 aliphatic rings. The van der Waals surface area contributed by atoms with Crippen molar-refractivity contribution in [3.63, 3.8) is 0 Å². The van der Waals surface area contributed by atoms with Crippen LogP contribution in [0.4, 0.5) is 0 Å². The maximum atomic E-state index is 9.97. The third-order valence-electron chi connectivity index (χ3n) is 5.14. The van der Waals surface area contributed by atoms with Gasteiger partial charge >= 0.3 is 0 Å². The predicted molar refractivity (Wildman–Crippen MR) is 98.8 cm³/mol. The van der Waals surface area contributed by atoms with E-state index in [0.29, 0.717) is 6.61 Å². The summed E-state index contributed by atoms with van der Waals surface area (Å²) in [5.74, 6) is -0.730. The summed E-state index contributed by atoms with van der Waals surface area (Å²) in [6, 6.07) is 0. The van der Waals surface area contributed by atoms with Gasteiger partial charge in [-0.15, -0.1) is 0 Å². The Balaban J connectivity index is 1.63. The van der Waals surface area contributed by atoms with Crippen molar-refractivity contribution in [2.24, 2.45) is 0 Å². The van der Waals surface area contributed by atoms with Crippen molar-refractivity contribution in [3.8, 4) is 0 Å². The molecular weight excluding hydrogens is 336 g/mol. The third-order valence-corrected chi connectivity index (χ3v) is 5.14. The van der Waals surface area contributed by atoms with Crippen molar-refractivity contribution in [2.45, 2.75) is 115 Å². The number of fused-ring (bicyclic) bond motifs is 1. The van der Waals surface area contributed by atoms with Crippen LogP contribution in [0, 0.1) is 0 Å². The van der Waals surface area contributed by atoms with Gasteiger partial charge in [0.15, 0.2) is 12.1 Å². The Morgan fingerprint density at radius 2 is 1.50 bits per heavy atom. The lowest BCUT2D eigenvalue weighted by Gasteiger charge is -2.25. The van der Waals surface area contributed by atoms with Gasteiger partial charge in [0, 0.05) is 6.61 Å². The molecule has 0 bridgehead atoms. The van der Waals surface area contributed by atoms with Gasteiger partial charge in [0.1, 0.15) is 24.4 Å². The first kappa shape index (κ1) is 22.1. The molecule has 0 aromatic heterocycles. The van der Waals surface area contributed by atoms with E-state index < -0.39 is 30.4 Å². The van der Waals surface area contributed by atoms with E-state index in [4.69, 9.17) is 18.9 Å². The number of ether oxygens (including phenoxy) is 4. The average Bonchev–Trinajstić information content (AvgIpc) is 3.09.